The highest BCUT2D eigenvalue weighted by atomic mass is 16.4. The number of carboxylic acids is 1. The maximum Gasteiger partial charge on any atom is 0.303 e. The van der Waals surface area contributed by atoms with Gasteiger partial charge in [-0.2, -0.15) is 0 Å². The third-order valence-electron chi connectivity index (χ3n) is 5.13. The van der Waals surface area contributed by atoms with E-state index in [9.17, 15) is 19.8 Å². The second-order valence-corrected chi connectivity index (χ2v) is 7.24. The highest BCUT2D eigenvalue weighted by Gasteiger charge is 2.39. The van der Waals surface area contributed by atoms with Crippen molar-refractivity contribution in [1.82, 2.24) is 0 Å². The first-order chi connectivity index (χ1) is 12.0. The van der Waals surface area contributed by atoms with Crippen LogP contribution in [0.1, 0.15) is 77.6 Å². The fraction of sp³-hybridized carbons (Fsp3) is 0.800. The van der Waals surface area contributed by atoms with Crippen molar-refractivity contribution in [3.63, 3.8) is 0 Å². The molecule has 5 heteroatoms. The van der Waals surface area contributed by atoms with Crippen molar-refractivity contribution >= 4 is 11.8 Å². The maximum atomic E-state index is 11.9. The molecule has 1 aliphatic carbocycles. The van der Waals surface area contributed by atoms with Gasteiger partial charge >= 0.3 is 5.97 Å². The van der Waals surface area contributed by atoms with Crippen molar-refractivity contribution in [2.45, 2.75) is 89.8 Å². The molecular weight excluding hydrogens is 320 g/mol. The van der Waals surface area contributed by atoms with Gasteiger partial charge in [-0.05, 0) is 31.3 Å². The van der Waals surface area contributed by atoms with E-state index in [-0.39, 0.29) is 24.0 Å². The highest BCUT2D eigenvalue weighted by Crippen LogP contribution is 2.37. The number of aliphatic hydroxyl groups is 2. The third kappa shape index (κ3) is 8.63. The molecule has 4 atom stereocenters. The Bertz CT molecular complexity index is 432. The lowest BCUT2D eigenvalue weighted by Gasteiger charge is -2.20. The molecule has 0 amide bonds. The van der Waals surface area contributed by atoms with Gasteiger partial charge in [0.05, 0.1) is 12.2 Å². The Kier molecular flexibility index (Phi) is 10.7. The minimum atomic E-state index is -0.761. The summed E-state index contributed by atoms with van der Waals surface area (Å²) in [6.07, 6.45) is 10.6. The van der Waals surface area contributed by atoms with Gasteiger partial charge in [0, 0.05) is 25.2 Å². The lowest BCUT2D eigenvalue weighted by molar-refractivity contribution is -0.137. The fourth-order valence-electron chi connectivity index (χ4n) is 3.64. The molecule has 0 spiro atoms. The minimum Gasteiger partial charge on any atom is -0.481 e. The van der Waals surface area contributed by atoms with Crippen LogP contribution in [-0.4, -0.2) is 39.3 Å². The molecule has 0 aromatic carbocycles. The lowest BCUT2D eigenvalue weighted by atomic mass is 9.88. The van der Waals surface area contributed by atoms with Crippen LogP contribution in [0.15, 0.2) is 12.2 Å². The molecule has 1 fully saturated rings. The molecule has 0 aromatic rings. The standard InChI is InChI=1S/C20H34O5/c1-2-3-6-9-15(21)12-13-17-16(18(22)14-19(17)23)10-7-4-5-8-11-20(24)25/h12-13,16-19,22-23H,2-11,14H2,1H3,(H,24,25)/b13-12+/t16?,17-,18?,19?/m1/s1. The molecule has 3 unspecified atom stereocenters. The summed E-state index contributed by atoms with van der Waals surface area (Å²) in [6.45, 7) is 2.10. The summed E-state index contributed by atoms with van der Waals surface area (Å²) in [5, 5.41) is 29.0. The number of hydrogen-bond donors (Lipinski definition) is 3. The van der Waals surface area contributed by atoms with E-state index in [2.05, 4.69) is 6.92 Å². The van der Waals surface area contributed by atoms with E-state index < -0.39 is 18.2 Å². The molecule has 144 valence electrons. The fourth-order valence-corrected chi connectivity index (χ4v) is 3.64. The van der Waals surface area contributed by atoms with Gasteiger partial charge in [0.15, 0.2) is 5.78 Å². The Morgan fingerprint density at radius 1 is 0.960 bits per heavy atom. The van der Waals surface area contributed by atoms with Crippen molar-refractivity contribution in [2.24, 2.45) is 11.8 Å². The van der Waals surface area contributed by atoms with Crippen molar-refractivity contribution in [3.8, 4) is 0 Å². The van der Waals surface area contributed by atoms with E-state index >= 15 is 0 Å². The van der Waals surface area contributed by atoms with Crippen molar-refractivity contribution in [2.75, 3.05) is 0 Å². The van der Waals surface area contributed by atoms with E-state index in [4.69, 9.17) is 5.11 Å². The number of hydrogen-bond acceptors (Lipinski definition) is 4. The normalized spacial score (nSPS) is 26.4. The first-order valence-electron chi connectivity index (χ1n) is 9.74. The second-order valence-electron chi connectivity index (χ2n) is 7.24. The number of unbranched alkanes of at least 4 members (excludes halogenated alkanes) is 5. The average Bonchev–Trinajstić information content (AvgIpc) is 2.82. The zero-order valence-corrected chi connectivity index (χ0v) is 15.4. The van der Waals surface area contributed by atoms with Crippen LogP contribution in [0.2, 0.25) is 0 Å². The maximum absolute atomic E-state index is 11.9. The van der Waals surface area contributed by atoms with Crippen LogP contribution < -0.4 is 0 Å². The Morgan fingerprint density at radius 3 is 2.32 bits per heavy atom. The van der Waals surface area contributed by atoms with Crippen LogP contribution in [-0.2, 0) is 9.59 Å². The number of aliphatic carboxylic acids is 1. The molecular formula is C20H34O5. The number of allylic oxidation sites excluding steroid dienone is 1. The van der Waals surface area contributed by atoms with Crippen LogP contribution in [0.25, 0.3) is 0 Å². The number of carboxylic acid groups (broad SMARTS) is 1. The summed E-state index contributed by atoms with van der Waals surface area (Å²) >= 11 is 0. The van der Waals surface area contributed by atoms with Gasteiger partial charge < -0.3 is 15.3 Å². The van der Waals surface area contributed by atoms with Gasteiger partial charge in [0.25, 0.3) is 0 Å². The summed E-state index contributed by atoms with van der Waals surface area (Å²) in [5.74, 6) is -0.851. The lowest BCUT2D eigenvalue weighted by Crippen LogP contribution is -2.20. The van der Waals surface area contributed by atoms with Crippen LogP contribution in [0, 0.1) is 11.8 Å². The Labute approximate surface area is 151 Å². The first-order valence-corrected chi connectivity index (χ1v) is 9.74. The minimum absolute atomic E-state index is 0.0193. The molecule has 25 heavy (non-hydrogen) atoms. The van der Waals surface area contributed by atoms with Crippen LogP contribution in [0.3, 0.4) is 0 Å². The molecule has 0 saturated heterocycles. The SMILES string of the molecule is CCCCCC(=O)/C=C/[C@H]1C(O)CC(O)C1CCCCCCC(=O)O. The van der Waals surface area contributed by atoms with Crippen LogP contribution in [0.4, 0.5) is 0 Å². The molecule has 1 rings (SSSR count). The van der Waals surface area contributed by atoms with Gasteiger partial charge in [-0.15, -0.1) is 0 Å². The van der Waals surface area contributed by atoms with Gasteiger partial charge in [-0.25, -0.2) is 0 Å². The molecule has 5 nitrogen and oxygen atoms in total. The van der Waals surface area contributed by atoms with E-state index in [0.29, 0.717) is 19.3 Å². The summed E-state index contributed by atoms with van der Waals surface area (Å²) in [6, 6.07) is 0. The number of carbonyl (C=O) groups is 2. The van der Waals surface area contributed by atoms with E-state index in [1.807, 2.05) is 0 Å². The molecule has 0 aromatic heterocycles. The molecule has 0 radical (unpaired) electrons. The van der Waals surface area contributed by atoms with E-state index in [1.165, 1.54) is 0 Å². The van der Waals surface area contributed by atoms with Crippen molar-refractivity contribution in [3.05, 3.63) is 12.2 Å². The average molecular weight is 354 g/mol. The van der Waals surface area contributed by atoms with Crippen LogP contribution >= 0.6 is 0 Å². The zero-order chi connectivity index (χ0) is 18.7. The Balaban J connectivity index is 2.39. The predicted molar refractivity (Wildman–Crippen MR) is 97.2 cm³/mol. The largest absolute Gasteiger partial charge is 0.481 e. The number of aliphatic hydroxyl groups excluding tert-OH is 2. The Morgan fingerprint density at radius 2 is 1.64 bits per heavy atom. The van der Waals surface area contributed by atoms with E-state index in [0.717, 1.165) is 44.9 Å². The van der Waals surface area contributed by atoms with E-state index in [1.54, 1.807) is 12.2 Å². The van der Waals surface area contributed by atoms with Gasteiger partial charge in [-0.3, -0.25) is 9.59 Å². The summed E-state index contributed by atoms with van der Waals surface area (Å²) in [4.78, 5) is 22.4. The van der Waals surface area contributed by atoms with Crippen LogP contribution in [0.5, 0.6) is 0 Å². The zero-order valence-electron chi connectivity index (χ0n) is 15.4. The van der Waals surface area contributed by atoms with Crippen molar-refractivity contribution in [1.29, 1.82) is 0 Å². The van der Waals surface area contributed by atoms with Gasteiger partial charge in [0.1, 0.15) is 0 Å². The smallest absolute Gasteiger partial charge is 0.303 e. The molecule has 1 saturated carbocycles. The molecule has 0 bridgehead atoms. The molecule has 3 N–H and O–H groups in total. The number of rotatable bonds is 13. The predicted octanol–water partition coefficient (Wildman–Crippen LogP) is 3.48. The summed E-state index contributed by atoms with van der Waals surface area (Å²) < 4.78 is 0. The number of carbonyl (C=O) groups excluding carboxylic acids is 1. The highest BCUT2D eigenvalue weighted by molar-refractivity contribution is 5.89. The van der Waals surface area contributed by atoms with Crippen molar-refractivity contribution < 1.29 is 24.9 Å². The first kappa shape index (κ1) is 21.8. The second kappa shape index (κ2) is 12.2. The third-order valence-corrected chi connectivity index (χ3v) is 5.13. The Hall–Kier alpha value is -1.20. The summed E-state index contributed by atoms with van der Waals surface area (Å²) in [5.41, 5.74) is 0. The molecule has 0 heterocycles. The molecule has 0 aliphatic heterocycles. The van der Waals surface area contributed by atoms with Gasteiger partial charge in [-0.1, -0.05) is 45.1 Å². The summed E-state index contributed by atoms with van der Waals surface area (Å²) in [7, 11) is 0. The van der Waals surface area contributed by atoms with Gasteiger partial charge in [0.2, 0.25) is 0 Å². The monoisotopic (exact) mass is 354 g/mol. The quantitative estimate of drug-likeness (QED) is 0.348. The topological polar surface area (TPSA) is 94.8 Å². The molecule has 1 aliphatic rings. The number of ketones is 1.